The Morgan fingerprint density at radius 3 is 2.48 bits per heavy atom. The highest BCUT2D eigenvalue weighted by Gasteiger charge is 2.09. The molecule has 0 heterocycles. The van der Waals surface area contributed by atoms with Gasteiger partial charge in [-0.1, -0.05) is 42.0 Å². The van der Waals surface area contributed by atoms with Crippen molar-refractivity contribution in [2.75, 3.05) is 19.0 Å². The van der Waals surface area contributed by atoms with Gasteiger partial charge in [-0.05, 0) is 42.2 Å². The van der Waals surface area contributed by atoms with E-state index in [9.17, 15) is 0 Å². The van der Waals surface area contributed by atoms with Crippen LogP contribution >= 0.6 is 0 Å². The van der Waals surface area contributed by atoms with Crippen molar-refractivity contribution in [3.63, 3.8) is 0 Å². The van der Waals surface area contributed by atoms with Crippen molar-refractivity contribution in [1.29, 1.82) is 5.26 Å². The fourth-order valence-corrected chi connectivity index (χ4v) is 2.42. The molecule has 23 heavy (non-hydrogen) atoms. The number of anilines is 1. The third-order valence-corrected chi connectivity index (χ3v) is 3.62. The average molecular weight is 301 g/mol. The van der Waals surface area contributed by atoms with Gasteiger partial charge in [0.25, 0.3) is 5.70 Å². The highest BCUT2D eigenvalue weighted by Crippen LogP contribution is 2.25. The van der Waals surface area contributed by atoms with Gasteiger partial charge < -0.3 is 4.90 Å². The molecule has 1 aromatic rings. The lowest BCUT2D eigenvalue weighted by Crippen LogP contribution is -2.07. The Hall–Kier alpha value is -3.04. The average Bonchev–Trinajstić information content (AvgIpc) is 2.54. The number of benzene rings is 1. The Balaban J connectivity index is 2.24. The van der Waals surface area contributed by atoms with Gasteiger partial charge in [-0.15, -0.1) is 0 Å². The van der Waals surface area contributed by atoms with Gasteiger partial charge in [-0.3, -0.25) is 0 Å². The first-order valence-electron chi connectivity index (χ1n) is 7.38. The van der Waals surface area contributed by atoms with Crippen LogP contribution in [-0.4, -0.2) is 14.1 Å². The van der Waals surface area contributed by atoms with E-state index in [0.29, 0.717) is 5.57 Å². The van der Waals surface area contributed by atoms with Gasteiger partial charge in [0.1, 0.15) is 0 Å². The minimum Gasteiger partial charge on any atom is -0.378 e. The van der Waals surface area contributed by atoms with E-state index in [1.165, 1.54) is 5.69 Å². The van der Waals surface area contributed by atoms with E-state index in [2.05, 4.69) is 46.2 Å². The number of rotatable bonds is 3. The van der Waals surface area contributed by atoms with Gasteiger partial charge in [-0.2, -0.15) is 0 Å². The number of hydrogen-bond donors (Lipinski definition) is 0. The van der Waals surface area contributed by atoms with Crippen molar-refractivity contribution < 1.29 is 0 Å². The van der Waals surface area contributed by atoms with Crippen LogP contribution in [0.25, 0.3) is 10.9 Å². The first kappa shape index (κ1) is 16.3. The van der Waals surface area contributed by atoms with Gasteiger partial charge in [-0.25, -0.2) is 10.1 Å². The molecule has 0 atom stereocenters. The maximum atomic E-state index is 9.03. The molecule has 2 rings (SSSR count). The number of nitriles is 1. The molecule has 0 saturated heterocycles. The van der Waals surface area contributed by atoms with Crippen molar-refractivity contribution in [3.8, 4) is 6.07 Å². The standard InChI is InChI=1S/C20H19N3/c1-15-11-17(13-18(12-15)20(14-21)22-2)6-5-16-7-9-19(10-8-16)23(3)4/h5-10,12-13H,11H2,1,3-4H3/b6-5+,20-18+. The summed E-state index contributed by atoms with van der Waals surface area (Å²) in [5, 5.41) is 9.03. The van der Waals surface area contributed by atoms with Crippen molar-refractivity contribution in [3.05, 3.63) is 81.9 Å². The fourth-order valence-electron chi connectivity index (χ4n) is 2.42. The van der Waals surface area contributed by atoms with Crippen LogP contribution in [0, 0.1) is 17.9 Å². The minimum absolute atomic E-state index is 0.144. The molecule has 1 aromatic carbocycles. The van der Waals surface area contributed by atoms with Crippen LogP contribution in [-0.2, 0) is 0 Å². The van der Waals surface area contributed by atoms with Gasteiger partial charge in [0.15, 0.2) is 0 Å². The topological polar surface area (TPSA) is 31.4 Å². The molecule has 0 radical (unpaired) electrons. The van der Waals surface area contributed by atoms with Gasteiger partial charge in [0.2, 0.25) is 0 Å². The summed E-state index contributed by atoms with van der Waals surface area (Å²) in [6.45, 7) is 9.10. The zero-order valence-corrected chi connectivity index (χ0v) is 13.7. The molecule has 1 aliphatic rings. The summed E-state index contributed by atoms with van der Waals surface area (Å²) in [5.41, 5.74) is 5.40. The summed E-state index contributed by atoms with van der Waals surface area (Å²) in [7, 11) is 4.04. The molecule has 0 bridgehead atoms. The zero-order valence-electron chi connectivity index (χ0n) is 13.7. The third-order valence-electron chi connectivity index (χ3n) is 3.62. The Kier molecular flexibility index (Phi) is 5.18. The van der Waals surface area contributed by atoms with Crippen LogP contribution < -0.4 is 4.90 Å². The molecule has 0 N–H and O–H groups in total. The maximum absolute atomic E-state index is 9.03. The van der Waals surface area contributed by atoms with Crippen LogP contribution in [0.4, 0.5) is 5.69 Å². The van der Waals surface area contributed by atoms with E-state index >= 15 is 0 Å². The Labute approximate surface area is 138 Å². The van der Waals surface area contributed by atoms with Crippen LogP contribution in [0.1, 0.15) is 18.9 Å². The molecule has 0 fully saturated rings. The van der Waals surface area contributed by atoms with Gasteiger partial charge in [0, 0.05) is 19.8 Å². The number of allylic oxidation sites excluding steroid dienone is 7. The molecule has 0 unspecified atom stereocenters. The second-order valence-electron chi connectivity index (χ2n) is 5.73. The fraction of sp³-hybridized carbons (Fsp3) is 0.200. The molecule has 0 spiro atoms. The smallest absolute Gasteiger partial charge is 0.268 e. The Morgan fingerprint density at radius 1 is 1.22 bits per heavy atom. The summed E-state index contributed by atoms with van der Waals surface area (Å²) in [4.78, 5) is 5.36. The van der Waals surface area contributed by atoms with E-state index in [-0.39, 0.29) is 5.70 Å². The molecule has 3 heteroatoms. The predicted octanol–water partition coefficient (Wildman–Crippen LogP) is 4.74. The quantitative estimate of drug-likeness (QED) is 0.596. The zero-order chi connectivity index (χ0) is 16.8. The highest BCUT2D eigenvalue weighted by atomic mass is 15.1. The van der Waals surface area contributed by atoms with Crippen molar-refractivity contribution >= 4 is 11.8 Å². The lowest BCUT2D eigenvalue weighted by atomic mass is 9.94. The summed E-state index contributed by atoms with van der Waals surface area (Å²) in [5.74, 6) is 0. The third kappa shape index (κ3) is 4.22. The first-order valence-corrected chi connectivity index (χ1v) is 7.38. The first-order chi connectivity index (χ1) is 11.0. The Bertz CT molecular complexity index is 773. The SMILES string of the molecule is [C-]#[N+]/C(C#N)=C1\C=C(C)CC(/C=C/c2ccc(N(C)C)cc2)=C1. The molecular formula is C20H19N3. The largest absolute Gasteiger partial charge is 0.378 e. The maximum Gasteiger partial charge on any atom is 0.268 e. The highest BCUT2D eigenvalue weighted by molar-refractivity contribution is 5.60. The summed E-state index contributed by atoms with van der Waals surface area (Å²) in [6.07, 6.45) is 8.80. The van der Waals surface area contributed by atoms with Crippen molar-refractivity contribution in [2.24, 2.45) is 0 Å². The van der Waals surface area contributed by atoms with Crippen molar-refractivity contribution in [1.82, 2.24) is 0 Å². The molecule has 0 amide bonds. The summed E-state index contributed by atoms with van der Waals surface area (Å²) in [6, 6.07) is 10.3. The van der Waals surface area contributed by atoms with Gasteiger partial charge in [0.05, 0.1) is 12.6 Å². The van der Waals surface area contributed by atoms with Crippen LogP contribution in [0.15, 0.2) is 64.9 Å². The van der Waals surface area contributed by atoms with Crippen LogP contribution in [0.3, 0.4) is 0 Å². The van der Waals surface area contributed by atoms with Crippen LogP contribution in [0.5, 0.6) is 0 Å². The molecular weight excluding hydrogens is 282 g/mol. The second kappa shape index (κ2) is 7.29. The molecule has 0 aliphatic heterocycles. The normalized spacial score (nSPS) is 16.2. The van der Waals surface area contributed by atoms with E-state index in [4.69, 9.17) is 11.8 Å². The van der Waals surface area contributed by atoms with Gasteiger partial charge >= 0.3 is 0 Å². The summed E-state index contributed by atoms with van der Waals surface area (Å²) < 4.78 is 0. The van der Waals surface area contributed by atoms with E-state index in [1.54, 1.807) is 0 Å². The molecule has 0 saturated carbocycles. The molecule has 1 aliphatic carbocycles. The lowest BCUT2D eigenvalue weighted by molar-refractivity contribution is 1.12. The Morgan fingerprint density at radius 2 is 1.91 bits per heavy atom. The number of nitrogens with zero attached hydrogens (tertiary/aromatic N) is 3. The van der Waals surface area contributed by atoms with E-state index in [1.807, 2.05) is 39.2 Å². The van der Waals surface area contributed by atoms with E-state index < -0.39 is 0 Å². The second-order valence-corrected chi connectivity index (χ2v) is 5.73. The minimum atomic E-state index is 0.144. The number of hydrogen-bond acceptors (Lipinski definition) is 2. The van der Waals surface area contributed by atoms with E-state index in [0.717, 1.165) is 23.1 Å². The predicted molar refractivity (Wildman–Crippen MR) is 95.5 cm³/mol. The molecule has 114 valence electrons. The molecule has 3 nitrogen and oxygen atoms in total. The monoisotopic (exact) mass is 301 g/mol. The van der Waals surface area contributed by atoms with Crippen molar-refractivity contribution in [2.45, 2.75) is 13.3 Å². The summed E-state index contributed by atoms with van der Waals surface area (Å²) >= 11 is 0. The molecule has 0 aromatic heterocycles. The van der Waals surface area contributed by atoms with Crippen LogP contribution in [0.2, 0.25) is 0 Å². The lowest BCUT2D eigenvalue weighted by Gasteiger charge is -2.13.